The van der Waals surface area contributed by atoms with E-state index in [2.05, 4.69) is 0 Å². The van der Waals surface area contributed by atoms with Crippen molar-refractivity contribution in [3.8, 4) is 0 Å². The molecule has 0 aromatic heterocycles. The summed E-state index contributed by atoms with van der Waals surface area (Å²) in [5.41, 5.74) is 1.44. The largest absolute Gasteiger partial charge is 0.269 e. The summed E-state index contributed by atoms with van der Waals surface area (Å²) in [5, 5.41) is 5.36. The highest BCUT2D eigenvalue weighted by Gasteiger charge is 2.54. The smallest absolute Gasteiger partial charge is 0.261 e. The van der Waals surface area contributed by atoms with Crippen LogP contribution in [0.1, 0.15) is 201 Å². The third-order valence-electron chi connectivity index (χ3n) is 21.7. The van der Waals surface area contributed by atoms with E-state index in [-0.39, 0.29) is 114 Å². The number of hydrogen-bond donors (Lipinski definition) is 0. The molecule has 0 N–H and O–H groups in total. The van der Waals surface area contributed by atoms with Crippen LogP contribution in [-0.4, -0.2) is 137 Å². The Labute approximate surface area is 497 Å². The number of benzene rings is 9. The second kappa shape index (κ2) is 16.8. The van der Waals surface area contributed by atoms with Crippen molar-refractivity contribution in [2.24, 2.45) is 0 Å². The fourth-order valence-corrected chi connectivity index (χ4v) is 18.0. The minimum atomic E-state index is -1.02. The van der Waals surface area contributed by atoms with Crippen molar-refractivity contribution in [2.45, 2.75) is 113 Å². The van der Waals surface area contributed by atoms with Gasteiger partial charge in [0.25, 0.3) is 70.9 Å². The summed E-state index contributed by atoms with van der Waals surface area (Å²) in [7, 11) is 0. The van der Waals surface area contributed by atoms with Crippen molar-refractivity contribution in [3.63, 3.8) is 0 Å². The number of rotatable bonds is 0. The van der Waals surface area contributed by atoms with Gasteiger partial charge in [-0.25, -0.2) is 0 Å². The second-order valence-corrected chi connectivity index (χ2v) is 25.4. The van der Waals surface area contributed by atoms with Crippen LogP contribution in [0, 0.1) is 0 Å². The molecule has 6 atom stereocenters. The number of amides is 12. The third kappa shape index (κ3) is 5.75. The lowest BCUT2D eigenvalue weighted by molar-refractivity contribution is 0.0236. The van der Waals surface area contributed by atoms with Crippen molar-refractivity contribution < 1.29 is 57.5 Å². The Morgan fingerprint density at radius 3 is 0.455 bits per heavy atom. The summed E-state index contributed by atoms with van der Waals surface area (Å²) < 4.78 is 0. The van der Waals surface area contributed by atoms with E-state index in [0.29, 0.717) is 94.5 Å². The highest BCUT2D eigenvalue weighted by atomic mass is 16.2. The molecule has 0 unspecified atom stereocenters. The maximum absolute atomic E-state index is 15.4. The SMILES string of the molecule is O=C1c2ccc3c4c5ccc(c24)C(=O)N1[C@H]1CCCC[C@@H]1N1C(=O)c2ccc4c6c(ccc(c26)C1=O)C(=O)N(C4=O)[C@H]1CCCC[C@@H]1N1C(=O)c2ccc4c6ccc7c8c(ccc(c9ccc(c2c49)C1=O)c86)C(=O)N(C7=O)[C@H]1CCCC[C@@H]1N(C3=O)C5=O. The van der Waals surface area contributed by atoms with Gasteiger partial charge >= 0.3 is 0 Å². The van der Waals surface area contributed by atoms with Gasteiger partial charge in [0.2, 0.25) is 0 Å². The first-order valence-electron chi connectivity index (χ1n) is 30.4. The molecule has 0 saturated heterocycles. The summed E-state index contributed by atoms with van der Waals surface area (Å²) in [6.45, 7) is 0. The van der Waals surface area contributed by atoms with Gasteiger partial charge in [0.15, 0.2) is 0 Å². The number of imide groups is 6. The zero-order valence-electron chi connectivity index (χ0n) is 46.8. The molecule has 428 valence electrons. The molecule has 3 aliphatic carbocycles. The Balaban J connectivity index is 0.808. The van der Waals surface area contributed by atoms with E-state index in [1.807, 2.05) is 24.3 Å². The Hall–Kier alpha value is -10.4. The molecule has 30 bridgehead atoms. The van der Waals surface area contributed by atoms with Crippen LogP contribution >= 0.6 is 0 Å². The van der Waals surface area contributed by atoms with Crippen LogP contribution in [0.5, 0.6) is 0 Å². The first-order valence-corrected chi connectivity index (χ1v) is 30.4. The molecule has 12 amide bonds. The average molecular weight is 1160 g/mol. The summed E-state index contributed by atoms with van der Waals surface area (Å²) >= 11 is 0. The molecule has 34 aliphatic heterocycles. The van der Waals surface area contributed by atoms with Crippen LogP contribution in [0.4, 0.5) is 0 Å². The number of nitrogens with zero attached hydrogens (tertiary/aromatic N) is 6. The molecule has 9 aromatic carbocycles. The standard InChI is InChI=1S/C70H46N6O12/c77-59-33-17-13-29-31-15-19-35-54-36-20-16-32(52(31)54)30-14-18-34(53(33)51(29)30)60(78)71(59)45-7-1-3-9-47(45)73-63(81)37-21-25-41-57-42(26-22-38(55(37)57)64(73)82)68(86)75(67(41)85)49-11-5-6-12-50(49)76-69(87)43-27-23-39-56-40(24-28-44(58(43)56)70(76)88)66(84)74(65(39)83)48-10-4-2-8-46(48)72(61(35)79)62(36)80/h13-28,45-50H,1-12H2/t45-,46-,47-,48-,49-,50-/m0/s1. The number of carbonyl (C=O) groups is 12. The predicted molar refractivity (Wildman–Crippen MR) is 317 cm³/mol. The van der Waals surface area contributed by atoms with Gasteiger partial charge in [-0.2, -0.15) is 0 Å². The molecule has 18 nitrogen and oxygen atoms in total. The fraction of sp³-hybridized carbons (Fsp3) is 0.257. The second-order valence-electron chi connectivity index (χ2n) is 25.4. The molecular weight excluding hydrogens is 1120 g/mol. The normalized spacial score (nSPS) is 24.6. The zero-order chi connectivity index (χ0) is 59.5. The quantitative estimate of drug-likeness (QED) is 0.0786. The lowest BCUT2D eigenvalue weighted by atomic mass is 9.79. The van der Waals surface area contributed by atoms with Gasteiger partial charge in [-0.05, 0) is 144 Å². The lowest BCUT2D eigenvalue weighted by Crippen LogP contribution is -2.61. The van der Waals surface area contributed by atoms with Crippen LogP contribution < -0.4 is 0 Å². The van der Waals surface area contributed by atoms with Crippen LogP contribution in [0.3, 0.4) is 0 Å². The van der Waals surface area contributed by atoms with Crippen molar-refractivity contribution in [1.82, 2.24) is 29.4 Å². The van der Waals surface area contributed by atoms with Crippen LogP contribution in [0.15, 0.2) is 97.1 Å². The van der Waals surface area contributed by atoms with Gasteiger partial charge in [-0.15, -0.1) is 0 Å². The van der Waals surface area contributed by atoms with Gasteiger partial charge < -0.3 is 0 Å². The minimum Gasteiger partial charge on any atom is -0.269 e. The average Bonchev–Trinajstić information content (AvgIpc) is 1.17. The Morgan fingerprint density at radius 1 is 0.182 bits per heavy atom. The van der Waals surface area contributed by atoms with Gasteiger partial charge in [0.05, 0.1) is 36.3 Å². The molecular formula is C70H46N6O12. The number of carbonyl (C=O) groups excluding carboxylic acids is 12. The summed E-state index contributed by atoms with van der Waals surface area (Å²) in [6, 6.07) is 20.0. The Bertz CT molecular complexity index is 4560. The van der Waals surface area contributed by atoms with E-state index in [9.17, 15) is 0 Å². The molecule has 3 fully saturated rings. The van der Waals surface area contributed by atoms with E-state index in [1.165, 1.54) is 58.3 Å². The third-order valence-corrected chi connectivity index (χ3v) is 21.7. The van der Waals surface area contributed by atoms with Crippen LogP contribution in [-0.2, 0) is 0 Å². The minimum absolute atomic E-state index is 0.0474. The molecule has 0 spiro atoms. The Morgan fingerprint density at radius 2 is 0.307 bits per heavy atom. The Kier molecular flexibility index (Phi) is 9.51. The predicted octanol–water partition coefficient (Wildman–Crippen LogP) is 9.97. The van der Waals surface area contributed by atoms with Crippen molar-refractivity contribution in [3.05, 3.63) is 164 Å². The highest BCUT2D eigenvalue weighted by Crippen LogP contribution is 2.50. The molecule has 37 aliphatic rings. The van der Waals surface area contributed by atoms with Gasteiger partial charge in [-0.3, -0.25) is 86.9 Å². The van der Waals surface area contributed by atoms with Crippen LogP contribution in [0.25, 0.3) is 64.6 Å². The first kappa shape index (κ1) is 49.9. The van der Waals surface area contributed by atoms with E-state index in [0.717, 1.165) is 19.6 Å². The molecule has 0 radical (unpaired) electrons. The zero-order valence-corrected chi connectivity index (χ0v) is 46.8. The van der Waals surface area contributed by atoms with Crippen molar-refractivity contribution in [1.29, 1.82) is 0 Å². The van der Waals surface area contributed by atoms with Gasteiger partial charge in [0.1, 0.15) is 0 Å². The van der Waals surface area contributed by atoms with E-state index in [4.69, 9.17) is 0 Å². The molecule has 34 heterocycles. The molecule has 46 rings (SSSR count). The lowest BCUT2D eigenvalue weighted by Gasteiger charge is -2.46. The monoisotopic (exact) mass is 1160 g/mol. The highest BCUT2D eigenvalue weighted by molar-refractivity contribution is 6.42. The maximum Gasteiger partial charge on any atom is 0.261 e. The number of hydrogen-bond acceptors (Lipinski definition) is 12. The first-order chi connectivity index (χ1) is 42.7. The summed E-state index contributed by atoms with van der Waals surface area (Å²) in [4.78, 5) is 190. The van der Waals surface area contributed by atoms with E-state index < -0.39 is 107 Å². The van der Waals surface area contributed by atoms with Crippen LogP contribution in [0.2, 0.25) is 0 Å². The van der Waals surface area contributed by atoms with Crippen molar-refractivity contribution in [2.75, 3.05) is 0 Å². The molecule has 9 aromatic rings. The summed E-state index contributed by atoms with van der Waals surface area (Å²) in [6.07, 6.45) is 5.02. The van der Waals surface area contributed by atoms with Gasteiger partial charge in [0, 0.05) is 99.1 Å². The van der Waals surface area contributed by atoms with Crippen molar-refractivity contribution >= 4 is 136 Å². The van der Waals surface area contributed by atoms with Gasteiger partial charge in [-0.1, -0.05) is 62.8 Å². The topological polar surface area (TPSA) is 224 Å². The van der Waals surface area contributed by atoms with E-state index in [1.54, 1.807) is 24.3 Å². The molecule has 18 heteroatoms. The fourth-order valence-electron chi connectivity index (χ4n) is 18.0. The maximum atomic E-state index is 15.4. The molecule has 88 heavy (non-hydrogen) atoms. The molecule has 3 saturated carbocycles. The van der Waals surface area contributed by atoms with E-state index >= 15 is 57.5 Å². The summed E-state index contributed by atoms with van der Waals surface area (Å²) in [5.74, 6) is -8.12.